The van der Waals surface area contributed by atoms with E-state index in [9.17, 15) is 13.2 Å². The lowest BCUT2D eigenvalue weighted by Crippen LogP contribution is -2.45. The second-order valence-electron chi connectivity index (χ2n) is 9.21. The summed E-state index contributed by atoms with van der Waals surface area (Å²) in [4.78, 5) is 15.5. The van der Waals surface area contributed by atoms with Gasteiger partial charge in [-0.15, -0.1) is 0 Å². The molecule has 7 nitrogen and oxygen atoms in total. The summed E-state index contributed by atoms with van der Waals surface area (Å²) in [6.45, 7) is 2.57. The Kier molecular flexibility index (Phi) is 5.96. The molecule has 5 rings (SSSR count). The van der Waals surface area contributed by atoms with Gasteiger partial charge in [-0.05, 0) is 36.1 Å². The minimum atomic E-state index is -3.29. The molecule has 0 saturated carbocycles. The van der Waals surface area contributed by atoms with Crippen LogP contribution in [0, 0.1) is 0 Å². The Morgan fingerprint density at radius 3 is 2.65 bits per heavy atom. The molecule has 34 heavy (non-hydrogen) atoms. The number of likely N-dealkylation sites (tertiary alicyclic amines) is 1. The van der Waals surface area contributed by atoms with Gasteiger partial charge in [-0.1, -0.05) is 41.9 Å². The Labute approximate surface area is 204 Å². The zero-order valence-electron chi connectivity index (χ0n) is 19.3. The van der Waals surface area contributed by atoms with Crippen molar-refractivity contribution in [3.05, 3.63) is 70.4 Å². The molecule has 0 bridgehead atoms. The standard InChI is InChI=1S/C25H28ClN3O4S/c1-27(34(2,31)32)13-14-29-16-21(20-8-7-19(26)15-23(20)29)24(30)28-11-9-25(10-12-28)22-6-4-3-5-18(22)17-33-25/h3-8,15-16H,9-14,17H2,1-2H3. The van der Waals surface area contributed by atoms with E-state index >= 15 is 0 Å². The van der Waals surface area contributed by atoms with Gasteiger partial charge in [0, 0.05) is 49.8 Å². The van der Waals surface area contributed by atoms with E-state index in [0.717, 1.165) is 23.7 Å². The number of ether oxygens (including phenoxy) is 1. The lowest BCUT2D eigenvalue weighted by molar-refractivity contribution is -0.0741. The van der Waals surface area contributed by atoms with Crippen LogP contribution in [0.4, 0.5) is 0 Å². The molecular formula is C25H28ClN3O4S. The molecule has 3 heterocycles. The number of benzene rings is 2. The van der Waals surface area contributed by atoms with E-state index in [4.69, 9.17) is 16.3 Å². The summed E-state index contributed by atoms with van der Waals surface area (Å²) in [5.41, 5.74) is 3.62. The monoisotopic (exact) mass is 501 g/mol. The third-order valence-electron chi connectivity index (χ3n) is 7.17. The van der Waals surface area contributed by atoms with Gasteiger partial charge < -0.3 is 14.2 Å². The normalized spacial score (nSPS) is 17.6. The molecule has 0 aliphatic carbocycles. The molecule has 180 valence electrons. The number of carbonyl (C=O) groups excluding carboxylic acids is 1. The van der Waals surface area contributed by atoms with Crippen molar-refractivity contribution in [2.45, 2.75) is 31.6 Å². The highest BCUT2D eigenvalue weighted by Crippen LogP contribution is 2.44. The molecule has 2 aliphatic rings. The van der Waals surface area contributed by atoms with Crippen molar-refractivity contribution < 1.29 is 17.9 Å². The van der Waals surface area contributed by atoms with Crippen LogP contribution in [0.5, 0.6) is 0 Å². The molecule has 0 unspecified atom stereocenters. The third kappa shape index (κ3) is 4.13. The zero-order valence-corrected chi connectivity index (χ0v) is 20.9. The van der Waals surface area contributed by atoms with Crippen LogP contribution in [0.25, 0.3) is 10.9 Å². The summed E-state index contributed by atoms with van der Waals surface area (Å²) in [5, 5.41) is 1.39. The van der Waals surface area contributed by atoms with Gasteiger partial charge in [0.2, 0.25) is 10.0 Å². The number of nitrogens with zero attached hydrogens (tertiary/aromatic N) is 3. The molecule has 0 N–H and O–H groups in total. The summed E-state index contributed by atoms with van der Waals surface area (Å²) in [5.74, 6) is -0.0244. The molecule has 2 aromatic carbocycles. The van der Waals surface area contributed by atoms with E-state index in [1.54, 1.807) is 13.1 Å². The second-order valence-corrected chi connectivity index (χ2v) is 11.7. The lowest BCUT2D eigenvalue weighted by atomic mass is 9.83. The van der Waals surface area contributed by atoms with Crippen LogP contribution in [0.3, 0.4) is 0 Å². The van der Waals surface area contributed by atoms with Crippen LogP contribution in [0.2, 0.25) is 5.02 Å². The third-order valence-corrected chi connectivity index (χ3v) is 8.72. The maximum absolute atomic E-state index is 13.6. The molecule has 0 atom stereocenters. The van der Waals surface area contributed by atoms with Crippen LogP contribution in [0.15, 0.2) is 48.7 Å². The molecule has 1 saturated heterocycles. The van der Waals surface area contributed by atoms with Gasteiger partial charge in [0.25, 0.3) is 5.91 Å². The summed E-state index contributed by atoms with van der Waals surface area (Å²) in [6.07, 6.45) is 4.53. The second kappa shape index (κ2) is 8.68. The molecular weight excluding hydrogens is 474 g/mol. The number of aromatic nitrogens is 1. The minimum absolute atomic E-state index is 0.0244. The summed E-state index contributed by atoms with van der Waals surface area (Å²) in [6, 6.07) is 13.8. The minimum Gasteiger partial charge on any atom is -0.365 e. The first-order valence-electron chi connectivity index (χ1n) is 11.4. The SMILES string of the molecule is CN(CCn1cc(C(=O)N2CCC3(CC2)OCc2ccccc23)c2ccc(Cl)cc21)S(C)(=O)=O. The predicted octanol–water partition coefficient (Wildman–Crippen LogP) is 3.85. The number of hydrogen-bond acceptors (Lipinski definition) is 4. The van der Waals surface area contributed by atoms with Gasteiger partial charge in [-0.3, -0.25) is 4.79 Å². The molecule has 1 fully saturated rings. The smallest absolute Gasteiger partial charge is 0.256 e. The van der Waals surface area contributed by atoms with Crippen molar-refractivity contribution in [1.29, 1.82) is 0 Å². The number of likely N-dealkylation sites (N-methyl/N-ethyl adjacent to an activating group) is 1. The van der Waals surface area contributed by atoms with Crippen LogP contribution < -0.4 is 0 Å². The quantitative estimate of drug-likeness (QED) is 0.532. The van der Waals surface area contributed by atoms with Crippen molar-refractivity contribution in [2.24, 2.45) is 0 Å². The maximum atomic E-state index is 13.6. The summed E-state index contributed by atoms with van der Waals surface area (Å²) in [7, 11) is -1.74. The van der Waals surface area contributed by atoms with Crippen LogP contribution in [-0.4, -0.2) is 61.0 Å². The molecule has 2 aliphatic heterocycles. The highest BCUT2D eigenvalue weighted by Gasteiger charge is 2.43. The van der Waals surface area contributed by atoms with Gasteiger partial charge in [-0.25, -0.2) is 12.7 Å². The van der Waals surface area contributed by atoms with Crippen LogP contribution >= 0.6 is 11.6 Å². The van der Waals surface area contributed by atoms with E-state index < -0.39 is 10.0 Å². The van der Waals surface area contributed by atoms with E-state index in [0.29, 0.717) is 43.4 Å². The molecule has 0 radical (unpaired) electrons. The number of amides is 1. The van der Waals surface area contributed by atoms with E-state index in [-0.39, 0.29) is 11.5 Å². The Hall–Kier alpha value is -2.39. The van der Waals surface area contributed by atoms with E-state index in [1.165, 1.54) is 21.7 Å². The maximum Gasteiger partial charge on any atom is 0.256 e. The topological polar surface area (TPSA) is 71.9 Å². The fourth-order valence-corrected chi connectivity index (χ4v) is 5.65. The number of rotatable bonds is 5. The fourth-order valence-electron chi connectivity index (χ4n) is 5.07. The Morgan fingerprint density at radius 1 is 1.18 bits per heavy atom. The van der Waals surface area contributed by atoms with Crippen molar-refractivity contribution in [3.63, 3.8) is 0 Å². The van der Waals surface area contributed by atoms with Gasteiger partial charge >= 0.3 is 0 Å². The van der Waals surface area contributed by atoms with E-state index in [2.05, 4.69) is 12.1 Å². The van der Waals surface area contributed by atoms with Gasteiger partial charge in [0.15, 0.2) is 0 Å². The summed E-state index contributed by atoms with van der Waals surface area (Å²) >= 11 is 6.25. The predicted molar refractivity (Wildman–Crippen MR) is 132 cm³/mol. The number of hydrogen-bond donors (Lipinski definition) is 0. The number of fused-ring (bicyclic) bond motifs is 3. The van der Waals surface area contributed by atoms with Crippen LogP contribution in [-0.2, 0) is 33.5 Å². The van der Waals surface area contributed by atoms with E-state index in [1.807, 2.05) is 39.9 Å². The molecule has 3 aromatic rings. The summed E-state index contributed by atoms with van der Waals surface area (Å²) < 4.78 is 33.1. The largest absolute Gasteiger partial charge is 0.365 e. The Bertz CT molecular complexity index is 1360. The van der Waals surface area contributed by atoms with Gasteiger partial charge in [0.05, 0.1) is 29.5 Å². The van der Waals surface area contributed by atoms with Crippen molar-refractivity contribution in [3.8, 4) is 0 Å². The van der Waals surface area contributed by atoms with Crippen LogP contribution in [0.1, 0.15) is 34.3 Å². The highest BCUT2D eigenvalue weighted by molar-refractivity contribution is 7.88. The van der Waals surface area contributed by atoms with Crippen molar-refractivity contribution in [2.75, 3.05) is 32.9 Å². The fraction of sp³-hybridized carbons (Fsp3) is 0.400. The Balaban J connectivity index is 1.38. The first-order chi connectivity index (χ1) is 16.2. The molecule has 1 aromatic heterocycles. The first kappa shape index (κ1) is 23.4. The average Bonchev–Trinajstić information content (AvgIpc) is 3.35. The van der Waals surface area contributed by atoms with Gasteiger partial charge in [-0.2, -0.15) is 0 Å². The Morgan fingerprint density at radius 2 is 1.91 bits per heavy atom. The number of sulfonamides is 1. The number of halogens is 1. The zero-order chi connectivity index (χ0) is 24.1. The first-order valence-corrected chi connectivity index (χ1v) is 13.6. The lowest BCUT2D eigenvalue weighted by Gasteiger charge is -2.39. The number of carbonyl (C=O) groups is 1. The van der Waals surface area contributed by atoms with Crippen molar-refractivity contribution in [1.82, 2.24) is 13.8 Å². The molecule has 1 spiro atoms. The average molecular weight is 502 g/mol. The van der Waals surface area contributed by atoms with Crippen molar-refractivity contribution >= 4 is 38.4 Å². The van der Waals surface area contributed by atoms with Gasteiger partial charge in [0.1, 0.15) is 0 Å². The molecule has 1 amide bonds. The molecule has 9 heteroatoms. The highest BCUT2D eigenvalue weighted by atomic mass is 35.5. The number of piperidine rings is 1.